The van der Waals surface area contributed by atoms with Gasteiger partial charge in [0.05, 0.1) is 11.4 Å². The number of rotatable bonds is 5. The fourth-order valence-electron chi connectivity index (χ4n) is 3.44. The van der Waals surface area contributed by atoms with E-state index in [0.717, 1.165) is 31.5 Å². The van der Waals surface area contributed by atoms with Crippen molar-refractivity contribution in [3.05, 3.63) is 29.8 Å². The number of sulfonamides is 1. The van der Waals surface area contributed by atoms with Gasteiger partial charge in [-0.25, -0.2) is 8.42 Å². The molecule has 2 saturated heterocycles. The molecule has 1 unspecified atom stereocenters. The Labute approximate surface area is 180 Å². The van der Waals surface area contributed by atoms with Gasteiger partial charge in [0.15, 0.2) is 0 Å². The van der Waals surface area contributed by atoms with Gasteiger partial charge in [0.1, 0.15) is 0 Å². The SMILES string of the molecule is Cc1ccc(S(=O)(=O)N2CCN(CC(=O)NC3CCCNC3)CC2)cc1.Cl.Cl. The molecule has 2 aliphatic rings. The number of aryl methyl sites for hydroxylation is 1. The zero-order chi connectivity index (χ0) is 18.6. The van der Waals surface area contributed by atoms with Crippen LogP contribution in [0.4, 0.5) is 0 Å². The minimum absolute atomic E-state index is 0. The molecule has 2 N–H and O–H groups in total. The van der Waals surface area contributed by atoms with Gasteiger partial charge < -0.3 is 10.6 Å². The van der Waals surface area contributed by atoms with E-state index in [1.165, 1.54) is 4.31 Å². The summed E-state index contributed by atoms with van der Waals surface area (Å²) >= 11 is 0. The van der Waals surface area contributed by atoms with Crippen LogP contribution in [0.2, 0.25) is 0 Å². The number of piperazine rings is 1. The molecular weight excluding hydrogens is 423 g/mol. The summed E-state index contributed by atoms with van der Waals surface area (Å²) in [5, 5.41) is 6.35. The number of carbonyl (C=O) groups excluding carboxylic acids is 1. The molecule has 2 heterocycles. The number of nitrogens with one attached hydrogen (secondary N) is 2. The third-order valence-electron chi connectivity index (χ3n) is 5.02. The molecule has 1 amide bonds. The predicted molar refractivity (Wildman–Crippen MR) is 115 cm³/mol. The van der Waals surface area contributed by atoms with Crippen molar-refractivity contribution in [3.8, 4) is 0 Å². The number of hydrogen-bond donors (Lipinski definition) is 2. The first-order valence-corrected chi connectivity index (χ1v) is 10.7. The Morgan fingerprint density at radius 2 is 1.79 bits per heavy atom. The Morgan fingerprint density at radius 1 is 1.14 bits per heavy atom. The molecule has 1 aromatic rings. The first-order chi connectivity index (χ1) is 12.4. The summed E-state index contributed by atoms with van der Waals surface area (Å²) in [6, 6.07) is 7.14. The third kappa shape index (κ3) is 6.57. The fraction of sp³-hybridized carbons (Fsp3) is 0.611. The normalized spacial score (nSPS) is 21.2. The van der Waals surface area contributed by atoms with Crippen molar-refractivity contribution in [2.75, 3.05) is 45.8 Å². The highest BCUT2D eigenvalue weighted by molar-refractivity contribution is 7.89. The van der Waals surface area contributed by atoms with Crippen LogP contribution in [0.3, 0.4) is 0 Å². The summed E-state index contributed by atoms with van der Waals surface area (Å²) < 4.78 is 26.9. The molecule has 2 aliphatic heterocycles. The first-order valence-electron chi connectivity index (χ1n) is 9.24. The lowest BCUT2D eigenvalue weighted by Crippen LogP contribution is -2.53. The molecule has 28 heavy (non-hydrogen) atoms. The second-order valence-corrected chi connectivity index (χ2v) is 9.04. The van der Waals surface area contributed by atoms with Crippen molar-refractivity contribution in [2.24, 2.45) is 0 Å². The van der Waals surface area contributed by atoms with Crippen molar-refractivity contribution >= 4 is 40.7 Å². The summed E-state index contributed by atoms with van der Waals surface area (Å²) in [6.45, 7) is 6.07. The number of nitrogens with zero attached hydrogens (tertiary/aromatic N) is 2. The molecule has 1 aromatic carbocycles. The van der Waals surface area contributed by atoms with Crippen molar-refractivity contribution < 1.29 is 13.2 Å². The van der Waals surface area contributed by atoms with Gasteiger partial charge in [0, 0.05) is 38.8 Å². The summed E-state index contributed by atoms with van der Waals surface area (Å²) in [5.74, 6) is 0.0218. The maximum atomic E-state index is 12.7. The molecule has 160 valence electrons. The van der Waals surface area contributed by atoms with Crippen LogP contribution in [0.15, 0.2) is 29.2 Å². The number of piperidine rings is 1. The highest BCUT2D eigenvalue weighted by Crippen LogP contribution is 2.18. The molecule has 0 spiro atoms. The van der Waals surface area contributed by atoms with Crippen LogP contribution in [0.25, 0.3) is 0 Å². The van der Waals surface area contributed by atoms with E-state index in [0.29, 0.717) is 37.6 Å². The Bertz CT molecular complexity index is 717. The van der Waals surface area contributed by atoms with Crippen molar-refractivity contribution in [1.29, 1.82) is 0 Å². The Hall–Kier alpha value is -0.900. The van der Waals surface area contributed by atoms with Crippen molar-refractivity contribution in [3.63, 3.8) is 0 Å². The van der Waals surface area contributed by atoms with E-state index < -0.39 is 10.0 Å². The van der Waals surface area contributed by atoms with Crippen molar-refractivity contribution in [1.82, 2.24) is 19.8 Å². The van der Waals surface area contributed by atoms with Crippen molar-refractivity contribution in [2.45, 2.75) is 30.7 Å². The van der Waals surface area contributed by atoms with E-state index in [4.69, 9.17) is 0 Å². The zero-order valence-electron chi connectivity index (χ0n) is 16.1. The van der Waals surface area contributed by atoms with E-state index in [9.17, 15) is 13.2 Å². The van der Waals surface area contributed by atoms with E-state index in [1.54, 1.807) is 12.1 Å². The number of halogens is 2. The van der Waals surface area contributed by atoms with E-state index >= 15 is 0 Å². The van der Waals surface area contributed by atoms with Gasteiger partial charge >= 0.3 is 0 Å². The van der Waals surface area contributed by atoms with Crippen LogP contribution >= 0.6 is 24.8 Å². The van der Waals surface area contributed by atoms with Gasteiger partial charge in [-0.05, 0) is 38.4 Å². The van der Waals surface area contributed by atoms with Crippen LogP contribution in [0.1, 0.15) is 18.4 Å². The Kier molecular flexibility index (Phi) is 10.2. The Balaban J connectivity index is 0.00000196. The molecule has 3 rings (SSSR count). The van der Waals surface area contributed by atoms with Gasteiger partial charge in [-0.15, -0.1) is 24.8 Å². The second kappa shape index (κ2) is 11.3. The average molecular weight is 453 g/mol. The minimum atomic E-state index is -3.46. The molecule has 0 aromatic heterocycles. The molecule has 1 atom stereocenters. The number of benzene rings is 1. The van der Waals surface area contributed by atoms with Gasteiger partial charge in [-0.1, -0.05) is 17.7 Å². The van der Waals surface area contributed by atoms with Crippen LogP contribution in [-0.4, -0.2) is 75.4 Å². The second-order valence-electron chi connectivity index (χ2n) is 7.10. The number of carbonyl (C=O) groups is 1. The first kappa shape index (κ1) is 25.1. The molecule has 0 saturated carbocycles. The highest BCUT2D eigenvalue weighted by atomic mass is 35.5. The van der Waals surface area contributed by atoms with Gasteiger partial charge in [-0.3, -0.25) is 9.69 Å². The molecule has 7 nitrogen and oxygen atoms in total. The topological polar surface area (TPSA) is 81.8 Å². The summed E-state index contributed by atoms with van der Waals surface area (Å²) in [5.41, 5.74) is 1.04. The lowest BCUT2D eigenvalue weighted by atomic mass is 10.1. The summed E-state index contributed by atoms with van der Waals surface area (Å²) in [7, 11) is -3.46. The quantitative estimate of drug-likeness (QED) is 0.696. The third-order valence-corrected chi connectivity index (χ3v) is 6.93. The maximum Gasteiger partial charge on any atom is 0.243 e. The summed E-state index contributed by atoms with van der Waals surface area (Å²) in [4.78, 5) is 14.6. The molecule has 0 aliphatic carbocycles. The van der Waals surface area contributed by atoms with Crippen LogP contribution in [0.5, 0.6) is 0 Å². The van der Waals surface area contributed by atoms with E-state index in [-0.39, 0.29) is 36.8 Å². The maximum absolute atomic E-state index is 12.7. The number of amides is 1. The zero-order valence-corrected chi connectivity index (χ0v) is 18.5. The molecular formula is C18H30Cl2N4O3S. The van der Waals surface area contributed by atoms with Crippen LogP contribution in [-0.2, 0) is 14.8 Å². The van der Waals surface area contributed by atoms with Crippen LogP contribution in [0, 0.1) is 6.92 Å². The van der Waals surface area contributed by atoms with Gasteiger partial charge in [-0.2, -0.15) is 4.31 Å². The van der Waals surface area contributed by atoms with Gasteiger partial charge in [0.25, 0.3) is 0 Å². The largest absolute Gasteiger partial charge is 0.351 e. The fourth-order valence-corrected chi connectivity index (χ4v) is 4.86. The monoisotopic (exact) mass is 452 g/mol. The van der Waals surface area contributed by atoms with Gasteiger partial charge in [0.2, 0.25) is 15.9 Å². The smallest absolute Gasteiger partial charge is 0.243 e. The average Bonchev–Trinajstić information content (AvgIpc) is 2.63. The molecule has 10 heteroatoms. The molecule has 0 bridgehead atoms. The van der Waals surface area contributed by atoms with E-state index in [1.807, 2.05) is 24.0 Å². The summed E-state index contributed by atoms with van der Waals surface area (Å²) in [6.07, 6.45) is 2.10. The van der Waals surface area contributed by atoms with Crippen LogP contribution < -0.4 is 10.6 Å². The van der Waals surface area contributed by atoms with E-state index in [2.05, 4.69) is 10.6 Å². The lowest BCUT2D eigenvalue weighted by molar-refractivity contribution is -0.123. The number of hydrogen-bond acceptors (Lipinski definition) is 5. The molecule has 0 radical (unpaired) electrons. The predicted octanol–water partition coefficient (Wildman–Crippen LogP) is 1.01. The Morgan fingerprint density at radius 3 is 2.36 bits per heavy atom. The lowest BCUT2D eigenvalue weighted by Gasteiger charge is -2.34. The molecule has 2 fully saturated rings. The minimum Gasteiger partial charge on any atom is -0.351 e. The standard InChI is InChI=1S/C18H28N4O3S.2ClH/c1-15-4-6-17(7-5-15)26(24,25)22-11-9-21(10-12-22)14-18(23)20-16-3-2-8-19-13-16;;/h4-7,16,19H,2-3,8-14H2,1H3,(H,20,23);2*1H. The highest BCUT2D eigenvalue weighted by Gasteiger charge is 2.29.